The summed E-state index contributed by atoms with van der Waals surface area (Å²) in [7, 11) is 1.73. The zero-order valence-electron chi connectivity index (χ0n) is 24.0. The third kappa shape index (κ3) is 10.2. The van der Waals surface area contributed by atoms with Crippen LogP contribution in [0.1, 0.15) is 70.2 Å². The van der Waals surface area contributed by atoms with E-state index >= 15 is 0 Å². The number of carbonyl (C=O) groups is 1. The van der Waals surface area contributed by atoms with Crippen molar-refractivity contribution in [3.63, 3.8) is 0 Å². The van der Waals surface area contributed by atoms with Crippen molar-refractivity contribution in [1.82, 2.24) is 19.9 Å². The number of hydrogen-bond acceptors (Lipinski definition) is 9. The number of carbonyl (C=O) groups excluding carboxylic acids is 1. The Morgan fingerprint density at radius 2 is 1.95 bits per heavy atom. The van der Waals surface area contributed by atoms with Crippen molar-refractivity contribution in [1.29, 1.82) is 0 Å². The van der Waals surface area contributed by atoms with Gasteiger partial charge in [0.05, 0.1) is 6.10 Å². The number of nitrogens with one attached hydrogen (secondary N) is 2. The van der Waals surface area contributed by atoms with Gasteiger partial charge in [-0.1, -0.05) is 6.07 Å². The third-order valence-corrected chi connectivity index (χ3v) is 6.54. The Bertz CT molecular complexity index is 1010. The van der Waals surface area contributed by atoms with Gasteiger partial charge < -0.3 is 25.0 Å². The molecule has 0 aromatic carbocycles. The van der Waals surface area contributed by atoms with E-state index in [9.17, 15) is 4.79 Å². The highest BCUT2D eigenvalue weighted by atomic mass is 16.6. The van der Waals surface area contributed by atoms with Gasteiger partial charge in [-0.15, -0.1) is 0 Å². The van der Waals surface area contributed by atoms with Gasteiger partial charge in [-0.25, -0.2) is 19.7 Å². The highest BCUT2D eigenvalue weighted by Crippen LogP contribution is 2.20. The number of hydrogen-bond donors (Lipinski definition) is 2. The minimum atomic E-state index is -0.574. The summed E-state index contributed by atoms with van der Waals surface area (Å²) in [6.07, 6.45) is 9.46. The van der Waals surface area contributed by atoms with Gasteiger partial charge in [-0.05, 0) is 96.9 Å². The van der Waals surface area contributed by atoms with Crippen molar-refractivity contribution in [3.05, 3.63) is 41.3 Å². The van der Waals surface area contributed by atoms with E-state index in [1.54, 1.807) is 19.5 Å². The summed E-state index contributed by atoms with van der Waals surface area (Å²) in [5, 5.41) is 6.62. The van der Waals surface area contributed by atoms with Crippen LogP contribution in [0.3, 0.4) is 0 Å². The fraction of sp³-hybridized carbons (Fsp3) is 0.655. The maximum Gasteiger partial charge on any atom is 0.329 e. The summed E-state index contributed by atoms with van der Waals surface area (Å²) in [6.45, 7) is 13.1. The molecule has 2 N–H and O–H groups in total. The van der Waals surface area contributed by atoms with Crippen molar-refractivity contribution in [2.45, 2.75) is 90.9 Å². The lowest BCUT2D eigenvalue weighted by Gasteiger charge is -2.28. The number of nitrogens with zero attached hydrogens (tertiary/aromatic N) is 4. The molecule has 3 heterocycles. The number of pyridine rings is 1. The first-order valence-electron chi connectivity index (χ1n) is 13.9. The van der Waals surface area contributed by atoms with Gasteiger partial charge in [-0.3, -0.25) is 0 Å². The minimum absolute atomic E-state index is 0.0942. The third-order valence-electron chi connectivity index (χ3n) is 6.54. The summed E-state index contributed by atoms with van der Waals surface area (Å²) in [6, 6.07) is 3.84. The zero-order valence-corrected chi connectivity index (χ0v) is 24.0. The molecule has 2 aromatic heterocycles. The van der Waals surface area contributed by atoms with Crippen LogP contribution in [0.2, 0.25) is 0 Å². The number of fused-ring (bicyclic) bond motifs is 1. The number of esters is 1. The van der Waals surface area contributed by atoms with Crippen LogP contribution in [-0.4, -0.2) is 76.9 Å². The summed E-state index contributed by atoms with van der Waals surface area (Å²) < 4.78 is 11.3. The molecule has 2 aromatic rings. The van der Waals surface area contributed by atoms with Crippen molar-refractivity contribution >= 4 is 17.7 Å². The first-order chi connectivity index (χ1) is 18.1. The second-order valence-corrected chi connectivity index (χ2v) is 11.2. The summed E-state index contributed by atoms with van der Waals surface area (Å²) in [5.74, 6) is 1.19. The van der Waals surface area contributed by atoms with Crippen LogP contribution in [0, 0.1) is 6.92 Å². The van der Waals surface area contributed by atoms with E-state index < -0.39 is 11.6 Å². The van der Waals surface area contributed by atoms with E-state index in [4.69, 9.17) is 14.5 Å². The molecule has 0 spiro atoms. The van der Waals surface area contributed by atoms with Gasteiger partial charge in [0, 0.05) is 44.8 Å². The number of aryl methyl sites for hydroxylation is 3. The van der Waals surface area contributed by atoms with Gasteiger partial charge in [0.1, 0.15) is 17.5 Å². The van der Waals surface area contributed by atoms with Gasteiger partial charge in [0.2, 0.25) is 5.95 Å². The molecule has 0 saturated heterocycles. The molecule has 0 saturated carbocycles. The maximum atomic E-state index is 13.0. The molecule has 0 aliphatic carbocycles. The Kier molecular flexibility index (Phi) is 11.3. The molecule has 9 nitrogen and oxygen atoms in total. The molecule has 1 unspecified atom stereocenters. The van der Waals surface area contributed by atoms with Gasteiger partial charge >= 0.3 is 5.97 Å². The molecule has 3 rings (SSSR count). The Hall–Kier alpha value is -2.78. The molecule has 0 amide bonds. The standard InChI is InChI=1S/C29H46N6O3/c1-21-18-31-28(32-19-21)34-25(27(36)38-29(3,4)5)14-17-35(20-22(2)37-6)16-8-7-11-24-13-12-23-10-9-15-30-26(23)33-24/h12-13,18-19,22,25H,7-11,14-17,20H2,1-6H3,(H,30,33)(H,31,32,34)/t22-,25?/m0/s1. The van der Waals surface area contributed by atoms with Crippen LogP contribution in [0.15, 0.2) is 24.5 Å². The average Bonchev–Trinajstić information content (AvgIpc) is 2.88. The largest absolute Gasteiger partial charge is 0.458 e. The first kappa shape index (κ1) is 29.8. The van der Waals surface area contributed by atoms with Crippen molar-refractivity contribution < 1.29 is 14.3 Å². The van der Waals surface area contributed by atoms with Crippen molar-refractivity contribution in [2.24, 2.45) is 0 Å². The Balaban J connectivity index is 1.57. The Morgan fingerprint density at radius 3 is 2.66 bits per heavy atom. The SMILES string of the molecule is CO[C@@H](C)CN(CCCCc1ccc2c(n1)NCCC2)CCC(Nc1ncc(C)cn1)C(=O)OC(C)(C)C. The molecule has 210 valence electrons. The smallest absolute Gasteiger partial charge is 0.329 e. The van der Waals surface area contributed by atoms with E-state index in [1.807, 2.05) is 27.7 Å². The average molecular weight is 527 g/mol. The molecular formula is C29H46N6O3. The van der Waals surface area contributed by atoms with E-state index in [1.165, 1.54) is 12.0 Å². The Labute approximate surface area is 228 Å². The second kappa shape index (κ2) is 14.4. The van der Waals surface area contributed by atoms with Crippen LogP contribution in [0.25, 0.3) is 0 Å². The predicted molar refractivity (Wildman–Crippen MR) is 152 cm³/mol. The van der Waals surface area contributed by atoms with Crippen LogP contribution in [0.4, 0.5) is 11.8 Å². The summed E-state index contributed by atoms with van der Waals surface area (Å²) in [4.78, 5) is 28.9. The fourth-order valence-electron chi connectivity index (χ4n) is 4.44. The molecular weight excluding hydrogens is 480 g/mol. The number of anilines is 2. The molecule has 0 bridgehead atoms. The molecule has 38 heavy (non-hydrogen) atoms. The molecule has 9 heteroatoms. The maximum absolute atomic E-state index is 13.0. The Morgan fingerprint density at radius 1 is 1.18 bits per heavy atom. The lowest BCUT2D eigenvalue weighted by molar-refractivity contribution is -0.156. The van der Waals surface area contributed by atoms with Crippen LogP contribution >= 0.6 is 0 Å². The van der Waals surface area contributed by atoms with E-state index in [2.05, 4.69) is 44.6 Å². The van der Waals surface area contributed by atoms with E-state index in [0.717, 1.165) is 68.9 Å². The molecule has 1 aliphatic heterocycles. The van der Waals surface area contributed by atoms with E-state index in [-0.39, 0.29) is 12.1 Å². The predicted octanol–water partition coefficient (Wildman–Crippen LogP) is 4.41. The quantitative estimate of drug-likeness (QED) is 0.274. The number of aromatic nitrogens is 3. The minimum Gasteiger partial charge on any atom is -0.458 e. The van der Waals surface area contributed by atoms with Crippen LogP contribution in [-0.2, 0) is 27.1 Å². The monoisotopic (exact) mass is 526 g/mol. The highest BCUT2D eigenvalue weighted by molar-refractivity contribution is 5.79. The van der Waals surface area contributed by atoms with Crippen LogP contribution < -0.4 is 10.6 Å². The number of unbranched alkanes of at least 4 members (excludes halogenated alkanes) is 1. The molecule has 0 fully saturated rings. The second-order valence-electron chi connectivity index (χ2n) is 11.2. The van der Waals surface area contributed by atoms with Crippen molar-refractivity contribution in [3.8, 4) is 0 Å². The topological polar surface area (TPSA) is 102 Å². The molecule has 2 atom stereocenters. The van der Waals surface area contributed by atoms with Crippen molar-refractivity contribution in [2.75, 3.05) is 43.9 Å². The first-order valence-corrected chi connectivity index (χ1v) is 13.9. The molecule has 0 radical (unpaired) electrons. The van der Waals surface area contributed by atoms with Gasteiger partial charge in [0.25, 0.3) is 0 Å². The summed E-state index contributed by atoms with van der Waals surface area (Å²) >= 11 is 0. The van der Waals surface area contributed by atoms with Gasteiger partial charge in [-0.2, -0.15) is 0 Å². The number of rotatable bonds is 14. The molecule has 1 aliphatic rings. The lowest BCUT2D eigenvalue weighted by atomic mass is 10.1. The van der Waals surface area contributed by atoms with E-state index in [0.29, 0.717) is 12.4 Å². The summed E-state index contributed by atoms with van der Waals surface area (Å²) in [5.41, 5.74) is 2.85. The lowest BCUT2D eigenvalue weighted by Crippen LogP contribution is -2.41. The normalized spacial score (nSPS) is 14.9. The van der Waals surface area contributed by atoms with Gasteiger partial charge in [0.15, 0.2) is 0 Å². The fourth-order valence-corrected chi connectivity index (χ4v) is 4.44. The zero-order chi connectivity index (χ0) is 27.5. The number of ether oxygens (including phenoxy) is 2. The highest BCUT2D eigenvalue weighted by Gasteiger charge is 2.26. The number of methoxy groups -OCH3 is 1. The van der Waals surface area contributed by atoms with Crippen LogP contribution in [0.5, 0.6) is 0 Å².